The van der Waals surface area contributed by atoms with Crippen LogP contribution in [0.5, 0.6) is 5.75 Å². The highest BCUT2D eigenvalue weighted by molar-refractivity contribution is 5.98. The Balaban J connectivity index is 2.54. The molecule has 2 aromatic rings. The van der Waals surface area contributed by atoms with Gasteiger partial charge in [-0.05, 0) is 37.1 Å². The van der Waals surface area contributed by atoms with Crippen LogP contribution < -0.4 is 0 Å². The number of hydrogen-bond acceptors (Lipinski definition) is 2. The van der Waals surface area contributed by atoms with Crippen molar-refractivity contribution in [2.75, 3.05) is 0 Å². The van der Waals surface area contributed by atoms with Crippen LogP contribution in [-0.2, 0) is 0 Å². The number of ketones is 1. The Morgan fingerprint density at radius 3 is 2.41 bits per heavy atom. The average Bonchev–Trinajstić information content (AvgIpc) is 2.29. The number of benzene rings is 2. The molecule has 0 fully saturated rings. The van der Waals surface area contributed by atoms with Crippen molar-refractivity contribution >= 4 is 5.78 Å². The molecule has 2 heteroatoms. The van der Waals surface area contributed by atoms with Gasteiger partial charge in [-0.1, -0.05) is 35.9 Å². The first-order chi connectivity index (χ1) is 8.08. The van der Waals surface area contributed by atoms with E-state index >= 15 is 0 Å². The lowest BCUT2D eigenvalue weighted by atomic mass is 9.99. The number of carbonyl (C=O) groups excluding carboxylic acids is 1. The molecule has 0 spiro atoms. The number of hydrogen-bond donors (Lipinski definition) is 1. The van der Waals surface area contributed by atoms with E-state index in [1.54, 1.807) is 12.1 Å². The van der Waals surface area contributed by atoms with Gasteiger partial charge in [-0.25, -0.2) is 0 Å². The quantitative estimate of drug-likeness (QED) is 0.795. The summed E-state index contributed by atoms with van der Waals surface area (Å²) in [6.45, 7) is 3.48. The maximum absolute atomic E-state index is 11.4. The topological polar surface area (TPSA) is 37.3 Å². The first-order valence-electron chi connectivity index (χ1n) is 5.49. The second-order valence-corrected chi connectivity index (χ2v) is 4.16. The van der Waals surface area contributed by atoms with E-state index in [0.717, 1.165) is 11.1 Å². The minimum Gasteiger partial charge on any atom is -0.507 e. The Morgan fingerprint density at radius 2 is 1.76 bits per heavy atom. The number of Topliss-reactive ketones (excluding diaryl/α,β-unsaturated/α-hetero) is 1. The molecule has 2 rings (SSSR count). The van der Waals surface area contributed by atoms with E-state index in [2.05, 4.69) is 6.07 Å². The third kappa shape index (κ3) is 2.36. The van der Waals surface area contributed by atoms with Crippen molar-refractivity contribution in [1.82, 2.24) is 0 Å². The second kappa shape index (κ2) is 4.42. The van der Waals surface area contributed by atoms with Gasteiger partial charge in [0.25, 0.3) is 0 Å². The van der Waals surface area contributed by atoms with Crippen LogP contribution in [-0.4, -0.2) is 10.9 Å². The Labute approximate surface area is 101 Å². The summed E-state index contributed by atoms with van der Waals surface area (Å²) in [5.41, 5.74) is 3.52. The monoisotopic (exact) mass is 226 g/mol. The number of carbonyl (C=O) groups is 1. The molecule has 0 aliphatic rings. The summed E-state index contributed by atoms with van der Waals surface area (Å²) in [5, 5.41) is 9.59. The second-order valence-electron chi connectivity index (χ2n) is 4.16. The summed E-state index contributed by atoms with van der Waals surface area (Å²) in [6, 6.07) is 13.2. The Morgan fingerprint density at radius 1 is 1.06 bits per heavy atom. The molecule has 17 heavy (non-hydrogen) atoms. The predicted molar refractivity (Wildman–Crippen MR) is 68.3 cm³/mol. The molecule has 0 aromatic heterocycles. The molecule has 2 aromatic carbocycles. The van der Waals surface area contributed by atoms with Crippen molar-refractivity contribution in [2.45, 2.75) is 13.8 Å². The van der Waals surface area contributed by atoms with Crippen LogP contribution in [0.3, 0.4) is 0 Å². The van der Waals surface area contributed by atoms with E-state index in [9.17, 15) is 9.90 Å². The molecule has 0 atom stereocenters. The molecular formula is C15H14O2. The summed E-state index contributed by atoms with van der Waals surface area (Å²) < 4.78 is 0. The molecule has 2 nitrogen and oxygen atoms in total. The van der Waals surface area contributed by atoms with E-state index in [0.29, 0.717) is 5.56 Å². The lowest BCUT2D eigenvalue weighted by Crippen LogP contribution is -1.93. The molecule has 0 amide bonds. The van der Waals surface area contributed by atoms with E-state index in [1.165, 1.54) is 12.5 Å². The molecule has 0 aliphatic carbocycles. The van der Waals surface area contributed by atoms with Crippen LogP contribution in [0.2, 0.25) is 0 Å². The highest BCUT2D eigenvalue weighted by Gasteiger charge is 2.08. The number of aryl methyl sites for hydroxylation is 1. The third-order valence-corrected chi connectivity index (χ3v) is 2.73. The van der Waals surface area contributed by atoms with Crippen LogP contribution in [0, 0.1) is 6.92 Å². The minimum atomic E-state index is -0.128. The van der Waals surface area contributed by atoms with Crippen molar-refractivity contribution in [3.05, 3.63) is 53.6 Å². The fraction of sp³-hybridized carbons (Fsp3) is 0.133. The molecule has 0 saturated carbocycles. The molecule has 1 N–H and O–H groups in total. The van der Waals surface area contributed by atoms with E-state index in [1.807, 2.05) is 31.2 Å². The van der Waals surface area contributed by atoms with Gasteiger partial charge in [0, 0.05) is 0 Å². The molecule has 86 valence electrons. The number of phenols is 1. The summed E-state index contributed by atoms with van der Waals surface area (Å²) in [7, 11) is 0. The fourth-order valence-corrected chi connectivity index (χ4v) is 1.82. The maximum atomic E-state index is 11.4. The van der Waals surface area contributed by atoms with Gasteiger partial charge in [-0.3, -0.25) is 4.79 Å². The minimum absolute atomic E-state index is 0.0360. The van der Waals surface area contributed by atoms with E-state index in [4.69, 9.17) is 0 Å². The highest BCUT2D eigenvalue weighted by atomic mass is 16.3. The van der Waals surface area contributed by atoms with E-state index in [-0.39, 0.29) is 11.5 Å². The Kier molecular flexibility index (Phi) is 2.96. The van der Waals surface area contributed by atoms with Crippen LogP contribution >= 0.6 is 0 Å². The highest BCUT2D eigenvalue weighted by Crippen LogP contribution is 2.26. The molecule has 0 aliphatic heterocycles. The van der Waals surface area contributed by atoms with Crippen LogP contribution in [0.1, 0.15) is 22.8 Å². The first-order valence-corrected chi connectivity index (χ1v) is 5.49. The molecular weight excluding hydrogens is 212 g/mol. The van der Waals surface area contributed by atoms with Gasteiger partial charge in [0.1, 0.15) is 5.75 Å². The molecule has 0 saturated heterocycles. The molecule has 0 heterocycles. The van der Waals surface area contributed by atoms with Gasteiger partial charge in [-0.2, -0.15) is 0 Å². The van der Waals surface area contributed by atoms with Gasteiger partial charge < -0.3 is 5.11 Å². The maximum Gasteiger partial charge on any atom is 0.163 e. The summed E-state index contributed by atoms with van der Waals surface area (Å²) in [5.74, 6) is -0.0918. The Bertz CT molecular complexity index is 571. The zero-order valence-corrected chi connectivity index (χ0v) is 9.90. The molecule has 0 radical (unpaired) electrons. The van der Waals surface area contributed by atoms with Crippen LogP contribution in [0.4, 0.5) is 0 Å². The summed E-state index contributed by atoms with van der Waals surface area (Å²) >= 11 is 0. The van der Waals surface area contributed by atoms with Gasteiger partial charge >= 0.3 is 0 Å². The SMILES string of the molecule is CC(=O)c1cc(-c2cccc(C)c2)ccc1O. The lowest BCUT2D eigenvalue weighted by molar-refractivity contribution is 0.101. The Hall–Kier alpha value is -2.09. The third-order valence-electron chi connectivity index (χ3n) is 2.73. The zero-order chi connectivity index (χ0) is 12.4. The van der Waals surface area contributed by atoms with Gasteiger partial charge in [0.15, 0.2) is 5.78 Å². The largest absolute Gasteiger partial charge is 0.507 e. The van der Waals surface area contributed by atoms with Gasteiger partial charge in [0.05, 0.1) is 5.56 Å². The standard InChI is InChI=1S/C15H14O2/c1-10-4-3-5-12(8-10)13-6-7-15(17)14(9-13)11(2)16/h3-9,17H,1-2H3. The molecule has 0 bridgehead atoms. The summed E-state index contributed by atoms with van der Waals surface area (Å²) in [6.07, 6.45) is 0. The van der Waals surface area contributed by atoms with Crippen molar-refractivity contribution in [3.8, 4) is 16.9 Å². The predicted octanol–water partition coefficient (Wildman–Crippen LogP) is 3.57. The first kappa shape index (κ1) is 11.4. The molecule has 0 unspecified atom stereocenters. The summed E-state index contributed by atoms with van der Waals surface area (Å²) in [4.78, 5) is 11.4. The van der Waals surface area contributed by atoms with Crippen molar-refractivity contribution in [1.29, 1.82) is 0 Å². The lowest BCUT2D eigenvalue weighted by Gasteiger charge is -2.06. The van der Waals surface area contributed by atoms with Crippen molar-refractivity contribution in [3.63, 3.8) is 0 Å². The number of rotatable bonds is 2. The number of aromatic hydroxyl groups is 1. The zero-order valence-electron chi connectivity index (χ0n) is 9.90. The fourth-order valence-electron chi connectivity index (χ4n) is 1.82. The van der Waals surface area contributed by atoms with Crippen molar-refractivity contribution < 1.29 is 9.90 Å². The van der Waals surface area contributed by atoms with Crippen LogP contribution in [0.15, 0.2) is 42.5 Å². The van der Waals surface area contributed by atoms with Crippen molar-refractivity contribution in [2.24, 2.45) is 0 Å². The normalized spacial score (nSPS) is 10.2. The smallest absolute Gasteiger partial charge is 0.163 e. The van der Waals surface area contributed by atoms with E-state index < -0.39 is 0 Å². The van der Waals surface area contributed by atoms with Gasteiger partial charge in [-0.15, -0.1) is 0 Å². The van der Waals surface area contributed by atoms with Crippen LogP contribution in [0.25, 0.3) is 11.1 Å². The number of phenolic OH excluding ortho intramolecular Hbond substituents is 1. The van der Waals surface area contributed by atoms with Gasteiger partial charge in [0.2, 0.25) is 0 Å². The average molecular weight is 226 g/mol.